The van der Waals surface area contributed by atoms with E-state index in [0.29, 0.717) is 17.1 Å². The molecule has 92 valence electrons. The minimum atomic E-state index is -0.469. The Morgan fingerprint density at radius 3 is 2.78 bits per heavy atom. The van der Waals surface area contributed by atoms with Gasteiger partial charge in [0.05, 0.1) is 5.56 Å². The smallest absolute Gasteiger partial charge is 0.340 e. The number of esters is 1. The number of carbonyl (C=O) groups excluding carboxylic acids is 1. The highest BCUT2D eigenvalue weighted by molar-refractivity contribution is 5.95. The number of carbonyl (C=O) groups is 1. The van der Waals surface area contributed by atoms with Crippen molar-refractivity contribution in [1.82, 2.24) is 9.97 Å². The molecule has 0 aliphatic rings. The van der Waals surface area contributed by atoms with Crippen molar-refractivity contribution >= 4 is 11.7 Å². The van der Waals surface area contributed by atoms with Gasteiger partial charge in [0, 0.05) is 18.1 Å². The van der Waals surface area contributed by atoms with Crippen molar-refractivity contribution in [3.05, 3.63) is 53.6 Å². The summed E-state index contributed by atoms with van der Waals surface area (Å²) in [7, 11) is 0. The largest absolute Gasteiger partial charge is 0.454 e. The third-order valence-electron chi connectivity index (χ3n) is 2.38. The number of hydrogen-bond acceptors (Lipinski definition) is 5. The lowest BCUT2D eigenvalue weighted by Crippen LogP contribution is -2.09. The number of nitrogen functional groups attached to an aromatic ring is 1. The van der Waals surface area contributed by atoms with Crippen molar-refractivity contribution in [2.45, 2.75) is 13.5 Å². The molecule has 0 amide bonds. The zero-order chi connectivity index (χ0) is 13.0. The van der Waals surface area contributed by atoms with E-state index >= 15 is 0 Å². The number of anilines is 1. The Morgan fingerprint density at radius 2 is 2.06 bits per heavy atom. The normalized spacial score (nSPS) is 10.1. The summed E-state index contributed by atoms with van der Waals surface area (Å²) in [6.07, 6.45) is 3.19. The fourth-order valence-corrected chi connectivity index (χ4v) is 1.46. The summed E-state index contributed by atoms with van der Waals surface area (Å²) in [4.78, 5) is 19.8. The number of hydrogen-bond donors (Lipinski definition) is 1. The molecular weight excluding hydrogens is 230 g/mol. The van der Waals surface area contributed by atoms with E-state index in [2.05, 4.69) is 9.97 Å². The van der Waals surface area contributed by atoms with Crippen LogP contribution in [0.15, 0.2) is 36.7 Å². The highest BCUT2D eigenvalue weighted by atomic mass is 16.5. The van der Waals surface area contributed by atoms with Crippen LogP contribution in [0.3, 0.4) is 0 Å². The summed E-state index contributed by atoms with van der Waals surface area (Å²) in [6, 6.07) is 6.92. The van der Waals surface area contributed by atoms with Gasteiger partial charge in [0.2, 0.25) is 0 Å². The second-order valence-corrected chi connectivity index (χ2v) is 3.83. The maximum absolute atomic E-state index is 11.8. The van der Waals surface area contributed by atoms with E-state index in [9.17, 15) is 4.79 Å². The molecule has 1 aromatic carbocycles. The van der Waals surface area contributed by atoms with Gasteiger partial charge >= 0.3 is 5.97 Å². The van der Waals surface area contributed by atoms with E-state index in [-0.39, 0.29) is 6.61 Å². The number of ether oxygens (including phenoxy) is 1. The molecule has 5 nitrogen and oxygen atoms in total. The lowest BCUT2D eigenvalue weighted by Gasteiger charge is -2.07. The number of aryl methyl sites for hydroxylation is 1. The van der Waals surface area contributed by atoms with Gasteiger partial charge in [0.15, 0.2) is 12.4 Å². The van der Waals surface area contributed by atoms with Gasteiger partial charge in [-0.05, 0) is 25.1 Å². The molecule has 18 heavy (non-hydrogen) atoms. The van der Waals surface area contributed by atoms with Gasteiger partial charge in [-0.15, -0.1) is 0 Å². The van der Waals surface area contributed by atoms with E-state index in [4.69, 9.17) is 10.5 Å². The molecule has 2 N–H and O–H groups in total. The van der Waals surface area contributed by atoms with Crippen LogP contribution in [-0.4, -0.2) is 15.9 Å². The summed E-state index contributed by atoms with van der Waals surface area (Å²) >= 11 is 0. The lowest BCUT2D eigenvalue weighted by molar-refractivity contribution is 0.0463. The van der Waals surface area contributed by atoms with Gasteiger partial charge in [0.25, 0.3) is 0 Å². The standard InChI is InChI=1S/C13H13N3O2/c1-9-3-4-11(14)10(7-9)13(17)18-8-12-15-5-2-6-16-12/h2-7H,8,14H2,1H3. The summed E-state index contributed by atoms with van der Waals surface area (Å²) in [5, 5.41) is 0. The topological polar surface area (TPSA) is 78.1 Å². The maximum Gasteiger partial charge on any atom is 0.340 e. The molecule has 0 bridgehead atoms. The predicted octanol–water partition coefficient (Wildman–Crippen LogP) is 1.72. The molecule has 1 heterocycles. The van der Waals surface area contributed by atoms with Crippen LogP contribution in [0.5, 0.6) is 0 Å². The number of nitrogens with zero attached hydrogens (tertiary/aromatic N) is 2. The summed E-state index contributed by atoms with van der Waals surface area (Å²) in [6.45, 7) is 1.92. The number of aromatic nitrogens is 2. The van der Waals surface area contributed by atoms with Crippen LogP contribution in [0.25, 0.3) is 0 Å². The van der Waals surface area contributed by atoms with Gasteiger partial charge in [-0.1, -0.05) is 11.6 Å². The Bertz CT molecular complexity index is 555. The van der Waals surface area contributed by atoms with E-state index in [0.717, 1.165) is 5.56 Å². The summed E-state index contributed by atoms with van der Waals surface area (Å²) in [5.41, 5.74) is 7.45. The average molecular weight is 243 g/mol. The van der Waals surface area contributed by atoms with Crippen LogP contribution >= 0.6 is 0 Å². The van der Waals surface area contributed by atoms with E-state index < -0.39 is 5.97 Å². The van der Waals surface area contributed by atoms with Crippen molar-refractivity contribution in [2.24, 2.45) is 0 Å². The molecule has 0 atom stereocenters. The van der Waals surface area contributed by atoms with Crippen LogP contribution in [0.4, 0.5) is 5.69 Å². The Morgan fingerprint density at radius 1 is 1.33 bits per heavy atom. The molecular formula is C13H13N3O2. The fourth-order valence-electron chi connectivity index (χ4n) is 1.46. The van der Waals surface area contributed by atoms with Crippen molar-refractivity contribution in [1.29, 1.82) is 0 Å². The molecule has 0 fully saturated rings. The first kappa shape index (κ1) is 12.0. The zero-order valence-electron chi connectivity index (χ0n) is 9.96. The first-order valence-electron chi connectivity index (χ1n) is 5.46. The van der Waals surface area contributed by atoms with Gasteiger partial charge in [-0.2, -0.15) is 0 Å². The van der Waals surface area contributed by atoms with E-state index in [1.165, 1.54) is 0 Å². The quantitative estimate of drug-likeness (QED) is 0.656. The minimum absolute atomic E-state index is 0.0348. The predicted molar refractivity (Wildman–Crippen MR) is 66.7 cm³/mol. The number of nitrogens with two attached hydrogens (primary N) is 1. The molecule has 0 radical (unpaired) electrons. The molecule has 1 aromatic heterocycles. The monoisotopic (exact) mass is 243 g/mol. The molecule has 0 spiro atoms. The molecule has 0 aliphatic carbocycles. The third-order valence-corrected chi connectivity index (χ3v) is 2.38. The number of benzene rings is 1. The van der Waals surface area contributed by atoms with Crippen molar-refractivity contribution in [2.75, 3.05) is 5.73 Å². The molecule has 2 aromatic rings. The number of rotatable bonds is 3. The van der Waals surface area contributed by atoms with Gasteiger partial charge in [-0.25, -0.2) is 14.8 Å². The summed E-state index contributed by atoms with van der Waals surface area (Å²) < 4.78 is 5.11. The lowest BCUT2D eigenvalue weighted by atomic mass is 10.1. The Balaban J connectivity index is 2.06. The Hall–Kier alpha value is -2.43. The molecule has 0 saturated heterocycles. The van der Waals surface area contributed by atoms with Gasteiger partial charge < -0.3 is 10.5 Å². The van der Waals surface area contributed by atoms with Crippen molar-refractivity contribution in [3.8, 4) is 0 Å². The fraction of sp³-hybridized carbons (Fsp3) is 0.154. The van der Waals surface area contributed by atoms with E-state index in [1.807, 2.05) is 13.0 Å². The highest BCUT2D eigenvalue weighted by Gasteiger charge is 2.11. The Labute approximate surface area is 105 Å². The summed E-state index contributed by atoms with van der Waals surface area (Å²) in [5.74, 6) is -0.0132. The zero-order valence-corrected chi connectivity index (χ0v) is 9.96. The maximum atomic E-state index is 11.8. The molecule has 0 saturated carbocycles. The molecule has 5 heteroatoms. The third kappa shape index (κ3) is 2.82. The second kappa shape index (κ2) is 5.27. The van der Waals surface area contributed by atoms with Gasteiger partial charge in [0.1, 0.15) is 0 Å². The van der Waals surface area contributed by atoms with Crippen LogP contribution in [0.2, 0.25) is 0 Å². The molecule has 2 rings (SSSR count). The Kier molecular flexibility index (Phi) is 3.52. The van der Waals surface area contributed by atoms with Crippen LogP contribution in [-0.2, 0) is 11.3 Å². The van der Waals surface area contributed by atoms with E-state index in [1.54, 1.807) is 30.6 Å². The average Bonchev–Trinajstić information content (AvgIpc) is 2.40. The SMILES string of the molecule is Cc1ccc(N)c(C(=O)OCc2ncccn2)c1. The first-order valence-corrected chi connectivity index (χ1v) is 5.46. The molecule has 0 aliphatic heterocycles. The van der Waals surface area contributed by atoms with Crippen molar-refractivity contribution < 1.29 is 9.53 Å². The molecule has 0 unspecified atom stereocenters. The van der Waals surface area contributed by atoms with Crippen LogP contribution < -0.4 is 5.73 Å². The van der Waals surface area contributed by atoms with Crippen LogP contribution in [0.1, 0.15) is 21.7 Å². The van der Waals surface area contributed by atoms with Gasteiger partial charge in [-0.3, -0.25) is 0 Å². The van der Waals surface area contributed by atoms with Crippen molar-refractivity contribution in [3.63, 3.8) is 0 Å². The highest BCUT2D eigenvalue weighted by Crippen LogP contribution is 2.15. The second-order valence-electron chi connectivity index (χ2n) is 3.83. The first-order chi connectivity index (χ1) is 8.66. The van der Waals surface area contributed by atoms with Crippen LogP contribution in [0, 0.1) is 6.92 Å². The minimum Gasteiger partial charge on any atom is -0.454 e.